The molecule has 1 aromatic carbocycles. The lowest BCUT2D eigenvalue weighted by Crippen LogP contribution is -2.09. The average molecular weight is 275 g/mol. The highest BCUT2D eigenvalue weighted by molar-refractivity contribution is 5.95. The van der Waals surface area contributed by atoms with Gasteiger partial charge in [0.25, 0.3) is 0 Å². The number of hydrogen-bond acceptors (Lipinski definition) is 3. The van der Waals surface area contributed by atoms with Crippen LogP contribution in [0.4, 0.5) is 5.69 Å². The first-order valence-corrected chi connectivity index (χ1v) is 7.44. The summed E-state index contributed by atoms with van der Waals surface area (Å²) in [5, 5.41) is 1.07. The van der Waals surface area contributed by atoms with Crippen molar-refractivity contribution >= 4 is 16.6 Å². The van der Waals surface area contributed by atoms with Crippen molar-refractivity contribution in [3.8, 4) is 11.1 Å². The largest absolute Gasteiger partial charge is 0.398 e. The Bertz CT molecular complexity index is 810. The maximum Gasteiger partial charge on any atom is 0.0726 e. The lowest BCUT2D eigenvalue weighted by Gasteiger charge is -2.18. The summed E-state index contributed by atoms with van der Waals surface area (Å²) in [6.45, 7) is 0. The summed E-state index contributed by atoms with van der Waals surface area (Å²) < 4.78 is 0. The number of pyridine rings is 2. The molecule has 0 spiro atoms. The zero-order valence-electron chi connectivity index (χ0n) is 11.8. The summed E-state index contributed by atoms with van der Waals surface area (Å²) in [4.78, 5) is 8.89. The van der Waals surface area contributed by atoms with E-state index in [1.165, 1.54) is 24.1 Å². The van der Waals surface area contributed by atoms with Gasteiger partial charge in [0.15, 0.2) is 0 Å². The Balaban J connectivity index is 1.93. The van der Waals surface area contributed by atoms with Crippen LogP contribution in [0.25, 0.3) is 22.0 Å². The summed E-state index contributed by atoms with van der Waals surface area (Å²) >= 11 is 0. The Morgan fingerprint density at radius 1 is 0.905 bits per heavy atom. The molecule has 0 radical (unpaired) electrons. The highest BCUT2D eigenvalue weighted by Crippen LogP contribution is 2.33. The van der Waals surface area contributed by atoms with Crippen LogP contribution in [0.3, 0.4) is 0 Å². The number of nitrogen functional groups attached to an aromatic ring is 1. The quantitative estimate of drug-likeness (QED) is 0.735. The summed E-state index contributed by atoms with van der Waals surface area (Å²) in [6.07, 6.45) is 8.18. The van der Waals surface area contributed by atoms with Crippen LogP contribution in [0.15, 0.2) is 42.7 Å². The molecule has 21 heavy (non-hydrogen) atoms. The fraction of sp³-hybridized carbons (Fsp3) is 0.222. The molecule has 104 valence electrons. The standard InChI is InChI=1S/C18H17N3/c19-18-14-3-1-2-4-16(14)21-17-6-5-13(11-15(17)18)12-7-9-20-10-8-12/h5-11H,1-4H2,(H2,19,21). The molecule has 2 aromatic heterocycles. The number of benzene rings is 1. The molecule has 0 amide bonds. The Morgan fingerprint density at radius 3 is 2.57 bits per heavy atom. The fourth-order valence-electron chi connectivity index (χ4n) is 3.18. The third kappa shape index (κ3) is 2.05. The van der Waals surface area contributed by atoms with Gasteiger partial charge in [-0.2, -0.15) is 0 Å². The first kappa shape index (κ1) is 12.3. The summed E-state index contributed by atoms with van der Waals surface area (Å²) in [6, 6.07) is 10.4. The number of fused-ring (bicyclic) bond motifs is 2. The van der Waals surface area contributed by atoms with E-state index >= 15 is 0 Å². The third-order valence-electron chi connectivity index (χ3n) is 4.32. The van der Waals surface area contributed by atoms with Crippen LogP contribution in [0, 0.1) is 0 Å². The van der Waals surface area contributed by atoms with Crippen molar-refractivity contribution in [2.24, 2.45) is 0 Å². The van der Waals surface area contributed by atoms with Gasteiger partial charge in [0.1, 0.15) is 0 Å². The van der Waals surface area contributed by atoms with Gasteiger partial charge in [-0.05, 0) is 66.6 Å². The highest BCUT2D eigenvalue weighted by atomic mass is 14.7. The number of nitrogens with two attached hydrogens (primary N) is 1. The van der Waals surface area contributed by atoms with Crippen molar-refractivity contribution in [2.75, 3.05) is 5.73 Å². The van der Waals surface area contributed by atoms with Crippen LogP contribution in [0.5, 0.6) is 0 Å². The summed E-state index contributed by atoms with van der Waals surface area (Å²) in [5.41, 5.74) is 13.1. The zero-order chi connectivity index (χ0) is 14.2. The molecule has 1 aliphatic rings. The van der Waals surface area contributed by atoms with Gasteiger partial charge >= 0.3 is 0 Å². The SMILES string of the molecule is Nc1c2c(nc3ccc(-c4ccncc4)cc13)CCCC2. The second-order valence-electron chi connectivity index (χ2n) is 5.63. The number of aromatic nitrogens is 2. The molecule has 3 nitrogen and oxygen atoms in total. The fourth-order valence-corrected chi connectivity index (χ4v) is 3.18. The van der Waals surface area contributed by atoms with Crippen molar-refractivity contribution < 1.29 is 0 Å². The summed E-state index contributed by atoms with van der Waals surface area (Å²) in [5.74, 6) is 0. The number of rotatable bonds is 1. The molecule has 1 aliphatic carbocycles. The Hall–Kier alpha value is -2.42. The predicted molar refractivity (Wildman–Crippen MR) is 86.0 cm³/mol. The van der Waals surface area contributed by atoms with E-state index in [1.54, 1.807) is 0 Å². The molecule has 0 fully saturated rings. The van der Waals surface area contributed by atoms with Crippen molar-refractivity contribution in [3.63, 3.8) is 0 Å². The van der Waals surface area contributed by atoms with E-state index in [9.17, 15) is 0 Å². The molecule has 0 atom stereocenters. The van der Waals surface area contributed by atoms with Crippen molar-refractivity contribution in [2.45, 2.75) is 25.7 Å². The molecule has 0 saturated carbocycles. The number of aryl methyl sites for hydroxylation is 1. The summed E-state index contributed by atoms with van der Waals surface area (Å²) in [7, 11) is 0. The molecule has 0 unspecified atom stereocenters. The van der Waals surface area contributed by atoms with Gasteiger partial charge in [-0.15, -0.1) is 0 Å². The lowest BCUT2D eigenvalue weighted by molar-refractivity contribution is 0.673. The molecule has 4 rings (SSSR count). The zero-order valence-corrected chi connectivity index (χ0v) is 11.8. The van der Waals surface area contributed by atoms with Crippen LogP contribution in [-0.4, -0.2) is 9.97 Å². The van der Waals surface area contributed by atoms with Gasteiger partial charge in [0, 0.05) is 29.2 Å². The van der Waals surface area contributed by atoms with Crippen LogP contribution in [-0.2, 0) is 12.8 Å². The molecular weight excluding hydrogens is 258 g/mol. The molecule has 3 heteroatoms. The maximum atomic E-state index is 6.43. The second kappa shape index (κ2) is 4.85. The van der Waals surface area contributed by atoms with Crippen molar-refractivity contribution in [1.29, 1.82) is 0 Å². The van der Waals surface area contributed by atoms with Crippen LogP contribution in [0.2, 0.25) is 0 Å². The van der Waals surface area contributed by atoms with Crippen molar-refractivity contribution in [1.82, 2.24) is 9.97 Å². The monoisotopic (exact) mass is 275 g/mol. The smallest absolute Gasteiger partial charge is 0.0726 e. The Morgan fingerprint density at radius 2 is 1.71 bits per heavy atom. The van der Waals surface area contributed by atoms with Gasteiger partial charge in [-0.3, -0.25) is 9.97 Å². The van der Waals surface area contributed by atoms with E-state index in [1.807, 2.05) is 24.5 Å². The third-order valence-corrected chi connectivity index (χ3v) is 4.32. The second-order valence-corrected chi connectivity index (χ2v) is 5.63. The number of anilines is 1. The van der Waals surface area contributed by atoms with E-state index in [0.717, 1.165) is 40.6 Å². The molecule has 2 N–H and O–H groups in total. The highest BCUT2D eigenvalue weighted by Gasteiger charge is 2.16. The van der Waals surface area contributed by atoms with E-state index in [4.69, 9.17) is 10.7 Å². The number of hydrogen-bond donors (Lipinski definition) is 1. The first-order chi connectivity index (χ1) is 10.3. The van der Waals surface area contributed by atoms with E-state index in [-0.39, 0.29) is 0 Å². The molecule has 0 bridgehead atoms. The molecular formula is C18H17N3. The van der Waals surface area contributed by atoms with Crippen molar-refractivity contribution in [3.05, 3.63) is 54.0 Å². The van der Waals surface area contributed by atoms with Crippen LogP contribution < -0.4 is 5.73 Å². The Kier molecular flexibility index (Phi) is 2.85. The normalized spacial score (nSPS) is 14.1. The van der Waals surface area contributed by atoms with Gasteiger partial charge < -0.3 is 5.73 Å². The lowest BCUT2D eigenvalue weighted by atomic mass is 9.92. The average Bonchev–Trinajstić information content (AvgIpc) is 2.56. The van der Waals surface area contributed by atoms with Gasteiger partial charge in [-0.25, -0.2) is 0 Å². The minimum atomic E-state index is 0.922. The van der Waals surface area contributed by atoms with E-state index < -0.39 is 0 Å². The van der Waals surface area contributed by atoms with Crippen LogP contribution >= 0.6 is 0 Å². The topological polar surface area (TPSA) is 51.8 Å². The number of nitrogens with zero attached hydrogens (tertiary/aromatic N) is 2. The minimum Gasteiger partial charge on any atom is -0.398 e. The van der Waals surface area contributed by atoms with Gasteiger partial charge in [0.05, 0.1) is 5.52 Å². The molecule has 2 heterocycles. The van der Waals surface area contributed by atoms with Gasteiger partial charge in [0.2, 0.25) is 0 Å². The molecule has 0 aliphatic heterocycles. The van der Waals surface area contributed by atoms with Crippen LogP contribution in [0.1, 0.15) is 24.1 Å². The first-order valence-electron chi connectivity index (χ1n) is 7.44. The Labute approximate surface area is 123 Å². The predicted octanol–water partition coefficient (Wildman–Crippen LogP) is 3.76. The van der Waals surface area contributed by atoms with E-state index in [0.29, 0.717) is 0 Å². The van der Waals surface area contributed by atoms with Gasteiger partial charge in [-0.1, -0.05) is 6.07 Å². The molecule has 0 saturated heterocycles. The minimum absolute atomic E-state index is 0.922. The van der Waals surface area contributed by atoms with E-state index in [2.05, 4.69) is 23.2 Å². The molecule has 3 aromatic rings. The maximum absolute atomic E-state index is 6.43.